The van der Waals surface area contributed by atoms with Gasteiger partial charge in [0.15, 0.2) is 0 Å². The standard InChI is InChI=1S/C23H23NOS/c1-18(20-8-4-2-5-9-20)16-24-23(25)21-14-12-19(13-15-21)17-26-22-10-6-3-7-11-22/h2-15,18H,16-17H2,1H3,(H,24,25). The molecule has 3 heteroatoms. The van der Waals surface area contributed by atoms with Gasteiger partial charge in [-0.3, -0.25) is 4.79 Å². The zero-order chi connectivity index (χ0) is 18.2. The molecule has 1 unspecified atom stereocenters. The largest absolute Gasteiger partial charge is 0.351 e. The first-order valence-corrected chi connectivity index (χ1v) is 9.81. The topological polar surface area (TPSA) is 29.1 Å². The lowest BCUT2D eigenvalue weighted by atomic mass is 10.0. The molecule has 0 saturated heterocycles. The van der Waals surface area contributed by atoms with Gasteiger partial charge in [0.2, 0.25) is 0 Å². The van der Waals surface area contributed by atoms with Gasteiger partial charge in [-0.2, -0.15) is 0 Å². The van der Waals surface area contributed by atoms with Crippen LogP contribution in [0.5, 0.6) is 0 Å². The molecule has 3 rings (SSSR count). The number of rotatable bonds is 7. The van der Waals surface area contributed by atoms with Gasteiger partial charge in [0, 0.05) is 22.8 Å². The fourth-order valence-corrected chi connectivity index (χ4v) is 3.56. The van der Waals surface area contributed by atoms with Gasteiger partial charge in [-0.15, -0.1) is 11.8 Å². The second-order valence-electron chi connectivity index (χ2n) is 6.32. The quantitative estimate of drug-likeness (QED) is 0.562. The third-order valence-electron chi connectivity index (χ3n) is 4.30. The Kier molecular flexibility index (Phi) is 6.50. The number of benzene rings is 3. The number of hydrogen-bond acceptors (Lipinski definition) is 2. The molecule has 0 heterocycles. The predicted octanol–water partition coefficient (Wildman–Crippen LogP) is 5.51. The fraction of sp³-hybridized carbons (Fsp3) is 0.174. The average Bonchev–Trinajstić information content (AvgIpc) is 2.72. The second kappa shape index (κ2) is 9.25. The van der Waals surface area contributed by atoms with Crippen LogP contribution in [0.25, 0.3) is 0 Å². The molecular formula is C23H23NOS. The van der Waals surface area contributed by atoms with Crippen LogP contribution in [0.1, 0.15) is 34.3 Å². The van der Waals surface area contributed by atoms with E-state index < -0.39 is 0 Å². The molecule has 3 aromatic rings. The molecule has 2 nitrogen and oxygen atoms in total. The van der Waals surface area contributed by atoms with Crippen molar-refractivity contribution in [2.45, 2.75) is 23.5 Å². The summed E-state index contributed by atoms with van der Waals surface area (Å²) in [7, 11) is 0. The van der Waals surface area contributed by atoms with Gasteiger partial charge in [-0.1, -0.05) is 67.6 Å². The van der Waals surface area contributed by atoms with Crippen LogP contribution in [0.3, 0.4) is 0 Å². The summed E-state index contributed by atoms with van der Waals surface area (Å²) in [6.07, 6.45) is 0. The Morgan fingerprint density at radius 2 is 1.50 bits per heavy atom. The normalized spacial score (nSPS) is 11.7. The molecule has 1 amide bonds. The first-order valence-electron chi connectivity index (χ1n) is 8.82. The van der Waals surface area contributed by atoms with Crippen molar-refractivity contribution in [3.8, 4) is 0 Å². The number of thioether (sulfide) groups is 1. The summed E-state index contributed by atoms with van der Waals surface area (Å²) in [5.41, 5.74) is 3.16. The van der Waals surface area contributed by atoms with Crippen LogP contribution in [0.4, 0.5) is 0 Å². The number of carbonyl (C=O) groups is 1. The molecule has 0 aliphatic carbocycles. The molecule has 3 aromatic carbocycles. The molecule has 0 fully saturated rings. The molecular weight excluding hydrogens is 338 g/mol. The Morgan fingerprint density at radius 3 is 2.15 bits per heavy atom. The van der Waals surface area contributed by atoms with Gasteiger partial charge in [-0.25, -0.2) is 0 Å². The lowest BCUT2D eigenvalue weighted by molar-refractivity contribution is 0.0951. The highest BCUT2D eigenvalue weighted by Crippen LogP contribution is 2.22. The van der Waals surface area contributed by atoms with E-state index in [4.69, 9.17) is 0 Å². The van der Waals surface area contributed by atoms with E-state index in [2.05, 4.69) is 36.5 Å². The van der Waals surface area contributed by atoms with Crippen molar-refractivity contribution in [3.63, 3.8) is 0 Å². The van der Waals surface area contributed by atoms with E-state index in [0.717, 1.165) is 5.75 Å². The van der Waals surface area contributed by atoms with E-state index in [-0.39, 0.29) is 5.91 Å². The first kappa shape index (κ1) is 18.3. The molecule has 1 N–H and O–H groups in total. The van der Waals surface area contributed by atoms with Gasteiger partial charge in [0.1, 0.15) is 0 Å². The summed E-state index contributed by atoms with van der Waals surface area (Å²) < 4.78 is 0. The molecule has 0 aromatic heterocycles. The third kappa shape index (κ3) is 5.24. The maximum atomic E-state index is 12.4. The van der Waals surface area contributed by atoms with Crippen molar-refractivity contribution in [2.24, 2.45) is 0 Å². The highest BCUT2D eigenvalue weighted by molar-refractivity contribution is 7.98. The van der Waals surface area contributed by atoms with Crippen LogP contribution >= 0.6 is 11.8 Å². The van der Waals surface area contributed by atoms with E-state index in [1.54, 1.807) is 11.8 Å². The minimum atomic E-state index is -0.0185. The Balaban J connectivity index is 1.50. The summed E-state index contributed by atoms with van der Waals surface area (Å²) >= 11 is 1.80. The molecule has 1 atom stereocenters. The number of amides is 1. The highest BCUT2D eigenvalue weighted by Gasteiger charge is 2.09. The molecule has 26 heavy (non-hydrogen) atoms. The van der Waals surface area contributed by atoms with Crippen LogP contribution in [-0.4, -0.2) is 12.5 Å². The number of nitrogens with one attached hydrogen (secondary N) is 1. The minimum Gasteiger partial charge on any atom is -0.351 e. The molecule has 0 aliphatic heterocycles. The highest BCUT2D eigenvalue weighted by atomic mass is 32.2. The van der Waals surface area contributed by atoms with Crippen molar-refractivity contribution in [2.75, 3.05) is 6.54 Å². The number of carbonyl (C=O) groups excluding carboxylic acids is 1. The summed E-state index contributed by atoms with van der Waals surface area (Å²) in [4.78, 5) is 13.6. The predicted molar refractivity (Wildman–Crippen MR) is 110 cm³/mol. The van der Waals surface area contributed by atoms with E-state index in [0.29, 0.717) is 18.0 Å². The molecule has 0 radical (unpaired) electrons. The van der Waals surface area contributed by atoms with Crippen LogP contribution < -0.4 is 5.32 Å². The lowest BCUT2D eigenvalue weighted by Gasteiger charge is -2.13. The van der Waals surface area contributed by atoms with Crippen molar-refractivity contribution in [3.05, 3.63) is 102 Å². The van der Waals surface area contributed by atoms with Crippen LogP contribution in [0.15, 0.2) is 89.8 Å². The average molecular weight is 362 g/mol. The monoisotopic (exact) mass is 361 g/mol. The Bertz CT molecular complexity index is 816. The zero-order valence-electron chi connectivity index (χ0n) is 14.9. The van der Waals surface area contributed by atoms with E-state index >= 15 is 0 Å². The van der Waals surface area contributed by atoms with E-state index in [1.165, 1.54) is 16.0 Å². The van der Waals surface area contributed by atoms with E-state index in [1.807, 2.05) is 60.7 Å². The molecule has 0 aliphatic rings. The van der Waals surface area contributed by atoms with Crippen molar-refractivity contribution in [1.29, 1.82) is 0 Å². The maximum absolute atomic E-state index is 12.4. The summed E-state index contributed by atoms with van der Waals surface area (Å²) in [6, 6.07) is 28.5. The van der Waals surface area contributed by atoms with Gasteiger partial charge in [-0.05, 0) is 41.3 Å². The van der Waals surface area contributed by atoms with Crippen LogP contribution in [0.2, 0.25) is 0 Å². The Morgan fingerprint density at radius 1 is 0.885 bits per heavy atom. The summed E-state index contributed by atoms with van der Waals surface area (Å²) in [5.74, 6) is 1.17. The first-order chi connectivity index (χ1) is 12.7. The zero-order valence-corrected chi connectivity index (χ0v) is 15.7. The van der Waals surface area contributed by atoms with Crippen molar-refractivity contribution >= 4 is 17.7 Å². The van der Waals surface area contributed by atoms with Crippen LogP contribution in [0, 0.1) is 0 Å². The SMILES string of the molecule is CC(CNC(=O)c1ccc(CSc2ccccc2)cc1)c1ccccc1. The van der Waals surface area contributed by atoms with Crippen molar-refractivity contribution in [1.82, 2.24) is 5.32 Å². The molecule has 132 valence electrons. The summed E-state index contributed by atoms with van der Waals surface area (Å²) in [6.45, 7) is 2.76. The Labute approximate surface area is 159 Å². The number of hydrogen-bond donors (Lipinski definition) is 1. The van der Waals surface area contributed by atoms with Gasteiger partial charge >= 0.3 is 0 Å². The third-order valence-corrected chi connectivity index (χ3v) is 5.39. The van der Waals surface area contributed by atoms with Gasteiger partial charge in [0.25, 0.3) is 5.91 Å². The second-order valence-corrected chi connectivity index (χ2v) is 7.37. The lowest BCUT2D eigenvalue weighted by Crippen LogP contribution is -2.27. The Hall–Kier alpha value is -2.52. The molecule has 0 spiro atoms. The van der Waals surface area contributed by atoms with E-state index in [9.17, 15) is 4.79 Å². The maximum Gasteiger partial charge on any atom is 0.251 e. The fourth-order valence-electron chi connectivity index (χ4n) is 2.68. The van der Waals surface area contributed by atoms with Crippen LogP contribution in [-0.2, 0) is 5.75 Å². The molecule has 0 saturated carbocycles. The van der Waals surface area contributed by atoms with Gasteiger partial charge < -0.3 is 5.32 Å². The smallest absolute Gasteiger partial charge is 0.251 e. The summed E-state index contributed by atoms with van der Waals surface area (Å²) in [5, 5.41) is 3.03. The molecule has 0 bridgehead atoms. The van der Waals surface area contributed by atoms with Gasteiger partial charge in [0.05, 0.1) is 0 Å². The minimum absolute atomic E-state index is 0.0185. The van der Waals surface area contributed by atoms with Crippen molar-refractivity contribution < 1.29 is 4.79 Å².